The minimum atomic E-state index is -0.991. The van der Waals surface area contributed by atoms with Crippen LogP contribution in [0.15, 0.2) is 48.5 Å². The van der Waals surface area contributed by atoms with E-state index >= 15 is 0 Å². The number of aliphatic hydroxyl groups is 1. The molecule has 0 saturated heterocycles. The second kappa shape index (κ2) is 5.61. The van der Waals surface area contributed by atoms with Crippen LogP contribution in [-0.4, -0.2) is 5.11 Å². The van der Waals surface area contributed by atoms with E-state index in [-0.39, 0.29) is 5.56 Å². The SMILES string of the molecule is N#Cc1cc(C(O)C(N)c2ccccc2)ccc1F. The first-order chi connectivity index (χ1) is 9.13. The van der Waals surface area contributed by atoms with Gasteiger partial charge in [-0.3, -0.25) is 0 Å². The zero-order valence-corrected chi connectivity index (χ0v) is 10.1. The monoisotopic (exact) mass is 256 g/mol. The number of hydrogen-bond donors (Lipinski definition) is 2. The van der Waals surface area contributed by atoms with Crippen LogP contribution in [0.4, 0.5) is 4.39 Å². The van der Waals surface area contributed by atoms with E-state index in [2.05, 4.69) is 0 Å². The molecule has 0 heterocycles. The van der Waals surface area contributed by atoms with Gasteiger partial charge in [0.05, 0.1) is 17.7 Å². The molecule has 0 spiro atoms. The minimum absolute atomic E-state index is 0.100. The van der Waals surface area contributed by atoms with Crippen molar-refractivity contribution in [1.82, 2.24) is 0 Å². The van der Waals surface area contributed by atoms with Crippen molar-refractivity contribution in [2.75, 3.05) is 0 Å². The van der Waals surface area contributed by atoms with E-state index in [9.17, 15) is 9.50 Å². The van der Waals surface area contributed by atoms with Gasteiger partial charge in [-0.1, -0.05) is 36.4 Å². The molecular formula is C15H13FN2O. The van der Waals surface area contributed by atoms with Gasteiger partial charge in [0, 0.05) is 0 Å². The zero-order chi connectivity index (χ0) is 13.8. The largest absolute Gasteiger partial charge is 0.386 e. The molecule has 2 aromatic rings. The highest BCUT2D eigenvalue weighted by atomic mass is 19.1. The van der Waals surface area contributed by atoms with Gasteiger partial charge in [-0.05, 0) is 23.3 Å². The van der Waals surface area contributed by atoms with Gasteiger partial charge in [-0.25, -0.2) is 4.39 Å². The summed E-state index contributed by atoms with van der Waals surface area (Å²) in [6.45, 7) is 0. The number of rotatable bonds is 3. The van der Waals surface area contributed by atoms with Crippen LogP contribution >= 0.6 is 0 Å². The summed E-state index contributed by atoms with van der Waals surface area (Å²) in [6, 6.07) is 14.2. The Labute approximate surface area is 110 Å². The molecule has 0 aliphatic heterocycles. The van der Waals surface area contributed by atoms with E-state index in [1.54, 1.807) is 6.07 Å². The summed E-state index contributed by atoms with van der Waals surface area (Å²) < 4.78 is 13.2. The molecule has 0 bridgehead atoms. The van der Waals surface area contributed by atoms with E-state index in [0.29, 0.717) is 5.56 Å². The molecule has 96 valence electrons. The van der Waals surface area contributed by atoms with Gasteiger partial charge >= 0.3 is 0 Å². The molecule has 3 N–H and O–H groups in total. The van der Waals surface area contributed by atoms with Gasteiger partial charge in [0.15, 0.2) is 0 Å². The van der Waals surface area contributed by atoms with Crippen LogP contribution in [0, 0.1) is 17.1 Å². The summed E-state index contributed by atoms with van der Waals surface area (Å²) in [7, 11) is 0. The van der Waals surface area contributed by atoms with Crippen molar-refractivity contribution >= 4 is 0 Å². The normalized spacial score (nSPS) is 13.6. The molecule has 0 saturated carbocycles. The number of nitriles is 1. The number of benzene rings is 2. The Bertz CT molecular complexity index is 607. The zero-order valence-electron chi connectivity index (χ0n) is 10.1. The van der Waals surface area contributed by atoms with Gasteiger partial charge in [-0.15, -0.1) is 0 Å². The fourth-order valence-corrected chi connectivity index (χ4v) is 1.88. The van der Waals surface area contributed by atoms with E-state index in [1.165, 1.54) is 12.1 Å². The lowest BCUT2D eigenvalue weighted by atomic mass is 9.95. The van der Waals surface area contributed by atoms with Gasteiger partial charge in [-0.2, -0.15) is 5.26 Å². The van der Waals surface area contributed by atoms with Crippen LogP contribution in [0.1, 0.15) is 28.8 Å². The van der Waals surface area contributed by atoms with Crippen molar-refractivity contribution in [1.29, 1.82) is 5.26 Å². The fraction of sp³-hybridized carbons (Fsp3) is 0.133. The lowest BCUT2D eigenvalue weighted by molar-refractivity contribution is 0.147. The van der Waals surface area contributed by atoms with Crippen LogP contribution in [0.25, 0.3) is 0 Å². The summed E-state index contributed by atoms with van der Waals surface area (Å²) in [4.78, 5) is 0. The van der Waals surface area contributed by atoms with Crippen molar-refractivity contribution in [2.45, 2.75) is 12.1 Å². The number of aliphatic hydroxyl groups excluding tert-OH is 1. The fourth-order valence-electron chi connectivity index (χ4n) is 1.88. The van der Waals surface area contributed by atoms with Crippen molar-refractivity contribution in [3.05, 3.63) is 71.0 Å². The first-order valence-electron chi connectivity index (χ1n) is 5.81. The summed E-state index contributed by atoms with van der Waals surface area (Å²) in [5.41, 5.74) is 7.07. The number of nitrogens with zero attached hydrogens (tertiary/aromatic N) is 1. The highest BCUT2D eigenvalue weighted by Gasteiger charge is 2.19. The molecule has 2 unspecified atom stereocenters. The predicted octanol–water partition coefficient (Wildman–Crippen LogP) is 2.43. The smallest absolute Gasteiger partial charge is 0.140 e. The maximum absolute atomic E-state index is 13.2. The summed E-state index contributed by atoms with van der Waals surface area (Å²) in [5.74, 6) is -0.605. The van der Waals surface area contributed by atoms with Crippen LogP contribution < -0.4 is 5.73 Å². The number of hydrogen-bond acceptors (Lipinski definition) is 3. The molecule has 0 aliphatic carbocycles. The molecule has 0 aromatic heterocycles. The third-order valence-corrected chi connectivity index (χ3v) is 2.98. The minimum Gasteiger partial charge on any atom is -0.386 e. The third kappa shape index (κ3) is 2.79. The van der Waals surface area contributed by atoms with E-state index in [0.717, 1.165) is 11.6 Å². The van der Waals surface area contributed by atoms with E-state index < -0.39 is 18.0 Å². The highest BCUT2D eigenvalue weighted by Crippen LogP contribution is 2.27. The first kappa shape index (κ1) is 13.2. The molecule has 0 amide bonds. The van der Waals surface area contributed by atoms with Crippen molar-refractivity contribution in [3.63, 3.8) is 0 Å². The molecule has 2 aromatic carbocycles. The average molecular weight is 256 g/mol. The summed E-state index contributed by atoms with van der Waals surface area (Å²) in [6.07, 6.45) is -0.991. The lowest BCUT2D eigenvalue weighted by Crippen LogP contribution is -2.19. The summed E-state index contributed by atoms with van der Waals surface area (Å²) >= 11 is 0. The van der Waals surface area contributed by atoms with Crippen LogP contribution in [0.2, 0.25) is 0 Å². The van der Waals surface area contributed by atoms with Gasteiger partial charge in [0.1, 0.15) is 11.9 Å². The van der Waals surface area contributed by atoms with Crippen molar-refractivity contribution < 1.29 is 9.50 Å². The molecular weight excluding hydrogens is 243 g/mol. The second-order valence-corrected chi connectivity index (χ2v) is 4.23. The average Bonchev–Trinajstić information content (AvgIpc) is 2.47. The Hall–Kier alpha value is -2.22. The lowest BCUT2D eigenvalue weighted by Gasteiger charge is -2.19. The molecule has 0 radical (unpaired) electrons. The standard InChI is InChI=1S/C15H13FN2O/c16-13-7-6-11(8-12(13)9-17)15(19)14(18)10-4-2-1-3-5-10/h1-8,14-15,19H,18H2. The van der Waals surface area contributed by atoms with Crippen LogP contribution in [0.3, 0.4) is 0 Å². The van der Waals surface area contributed by atoms with Crippen molar-refractivity contribution in [2.24, 2.45) is 5.73 Å². The predicted molar refractivity (Wildman–Crippen MR) is 69.4 cm³/mol. The second-order valence-electron chi connectivity index (χ2n) is 4.23. The summed E-state index contributed by atoms with van der Waals surface area (Å²) in [5, 5.41) is 19.0. The first-order valence-corrected chi connectivity index (χ1v) is 5.81. The topological polar surface area (TPSA) is 70.0 Å². The molecule has 19 heavy (non-hydrogen) atoms. The quantitative estimate of drug-likeness (QED) is 0.886. The van der Waals surface area contributed by atoms with Crippen LogP contribution in [-0.2, 0) is 0 Å². The van der Waals surface area contributed by atoms with Gasteiger partial charge in [0.2, 0.25) is 0 Å². The number of nitrogens with two attached hydrogens (primary N) is 1. The molecule has 3 nitrogen and oxygen atoms in total. The van der Waals surface area contributed by atoms with Crippen LogP contribution in [0.5, 0.6) is 0 Å². The third-order valence-electron chi connectivity index (χ3n) is 2.98. The molecule has 4 heteroatoms. The Balaban J connectivity index is 2.30. The molecule has 0 aliphatic rings. The van der Waals surface area contributed by atoms with Gasteiger partial charge in [0.25, 0.3) is 0 Å². The molecule has 0 fully saturated rings. The van der Waals surface area contributed by atoms with Gasteiger partial charge < -0.3 is 10.8 Å². The Kier molecular flexibility index (Phi) is 3.91. The van der Waals surface area contributed by atoms with E-state index in [4.69, 9.17) is 11.0 Å². The Morgan fingerprint density at radius 3 is 2.42 bits per heavy atom. The molecule has 2 rings (SSSR count). The Morgan fingerprint density at radius 2 is 1.79 bits per heavy atom. The maximum atomic E-state index is 13.2. The maximum Gasteiger partial charge on any atom is 0.140 e. The molecule has 2 atom stereocenters. The number of halogens is 1. The van der Waals surface area contributed by atoms with Crippen molar-refractivity contribution in [3.8, 4) is 6.07 Å². The Morgan fingerprint density at radius 1 is 1.11 bits per heavy atom. The van der Waals surface area contributed by atoms with E-state index in [1.807, 2.05) is 30.3 Å². The highest BCUT2D eigenvalue weighted by molar-refractivity contribution is 5.36.